The number of aryl methyl sites for hydroxylation is 2. The summed E-state index contributed by atoms with van der Waals surface area (Å²) in [6.45, 7) is 8.91. The second-order valence-electron chi connectivity index (χ2n) is 11.9. The SMILES string of the molecule is Cc1ccc(CP2(=O)OCC3(CO2)COP(=O)(Cc2ccc(C)c(-c4ccccc4)c2C)OC3)c(C)c1-c1ccccc1. The molecule has 43 heavy (non-hydrogen) atoms. The minimum atomic E-state index is -3.39. The molecule has 0 atom stereocenters. The molecule has 4 aromatic rings. The lowest BCUT2D eigenvalue weighted by Gasteiger charge is -2.43. The summed E-state index contributed by atoms with van der Waals surface area (Å²) < 4.78 is 51.3. The standard InChI is InChI=1S/C35H38O6P2/c1-25-15-17-31(27(3)33(25)29-11-7-5-8-12-29)19-42(36)38-21-35(22-39-42)23-40-43(37,41-24-35)20-32-18-16-26(2)34(28(32)4)30-13-9-6-10-14-30/h5-18H,19-24H2,1-4H3. The van der Waals surface area contributed by atoms with E-state index in [-0.39, 0.29) is 38.8 Å². The van der Waals surface area contributed by atoms with Gasteiger partial charge >= 0.3 is 15.2 Å². The zero-order valence-corrected chi connectivity index (χ0v) is 27.0. The Labute approximate surface area is 254 Å². The average Bonchev–Trinajstić information content (AvgIpc) is 3.01. The van der Waals surface area contributed by atoms with Gasteiger partial charge in [0.15, 0.2) is 0 Å². The van der Waals surface area contributed by atoms with Gasteiger partial charge in [0.1, 0.15) is 0 Å². The van der Waals surface area contributed by atoms with Gasteiger partial charge in [0.05, 0.1) is 44.2 Å². The Hall–Kier alpha value is -2.82. The predicted molar refractivity (Wildman–Crippen MR) is 172 cm³/mol. The normalized spacial score (nSPS) is 25.6. The van der Waals surface area contributed by atoms with Crippen LogP contribution < -0.4 is 0 Å². The molecule has 0 amide bonds. The molecule has 1 spiro atoms. The van der Waals surface area contributed by atoms with E-state index in [2.05, 4.69) is 64.1 Å². The van der Waals surface area contributed by atoms with Gasteiger partial charge in [0.25, 0.3) is 0 Å². The molecule has 8 heteroatoms. The van der Waals surface area contributed by atoms with Gasteiger partial charge < -0.3 is 18.1 Å². The highest BCUT2D eigenvalue weighted by atomic mass is 31.2. The summed E-state index contributed by atoms with van der Waals surface area (Å²) in [5.74, 6) is 0. The fourth-order valence-corrected chi connectivity index (χ4v) is 10.0. The van der Waals surface area contributed by atoms with E-state index in [4.69, 9.17) is 18.1 Å². The first-order valence-corrected chi connectivity index (χ1v) is 18.1. The molecule has 0 N–H and O–H groups in total. The summed E-state index contributed by atoms with van der Waals surface area (Å²) in [5.41, 5.74) is 10.2. The van der Waals surface area contributed by atoms with E-state index in [9.17, 15) is 9.13 Å². The molecule has 2 saturated heterocycles. The third kappa shape index (κ3) is 6.24. The van der Waals surface area contributed by atoms with Crippen molar-refractivity contribution in [2.45, 2.75) is 40.0 Å². The molecule has 0 bridgehead atoms. The van der Waals surface area contributed by atoms with E-state index in [0.29, 0.717) is 0 Å². The molecular weight excluding hydrogens is 578 g/mol. The summed E-state index contributed by atoms with van der Waals surface area (Å²) in [6, 6.07) is 28.6. The molecule has 2 fully saturated rings. The lowest BCUT2D eigenvalue weighted by molar-refractivity contribution is -0.0690. The Morgan fingerprint density at radius 1 is 0.535 bits per heavy atom. The van der Waals surface area contributed by atoms with Gasteiger partial charge in [-0.1, -0.05) is 84.9 Å². The molecular formula is C35H38O6P2. The summed E-state index contributed by atoms with van der Waals surface area (Å²) >= 11 is 0. The maximum atomic E-state index is 13.7. The van der Waals surface area contributed by atoms with Crippen LogP contribution in [-0.2, 0) is 39.5 Å². The van der Waals surface area contributed by atoms with Crippen LogP contribution in [0.3, 0.4) is 0 Å². The number of hydrogen-bond acceptors (Lipinski definition) is 6. The van der Waals surface area contributed by atoms with Gasteiger partial charge in [-0.2, -0.15) is 0 Å². The Bertz CT molecular complexity index is 1580. The molecule has 0 unspecified atom stereocenters. The van der Waals surface area contributed by atoms with Gasteiger partial charge in [0, 0.05) is 0 Å². The molecule has 0 aromatic heterocycles. The summed E-state index contributed by atoms with van der Waals surface area (Å²) in [7, 11) is -6.79. The van der Waals surface area contributed by atoms with E-state index < -0.39 is 20.6 Å². The Balaban J connectivity index is 1.12. The molecule has 2 aliphatic heterocycles. The maximum Gasteiger partial charge on any atom is 0.335 e. The molecule has 224 valence electrons. The minimum absolute atomic E-state index is 0.155. The number of hydrogen-bond donors (Lipinski definition) is 0. The molecule has 6 rings (SSSR count). The van der Waals surface area contributed by atoms with Crippen molar-refractivity contribution in [3.63, 3.8) is 0 Å². The second-order valence-corrected chi connectivity index (χ2v) is 16.1. The molecule has 6 nitrogen and oxygen atoms in total. The zero-order chi connectivity index (χ0) is 30.2. The van der Waals surface area contributed by atoms with E-state index in [0.717, 1.165) is 55.6 Å². The second kappa shape index (κ2) is 11.9. The van der Waals surface area contributed by atoms with Crippen molar-refractivity contribution in [3.8, 4) is 22.3 Å². The smallest absolute Gasteiger partial charge is 0.307 e. The van der Waals surface area contributed by atoms with E-state index >= 15 is 0 Å². The third-order valence-corrected chi connectivity index (χ3v) is 12.2. The lowest BCUT2D eigenvalue weighted by Crippen LogP contribution is -2.45. The molecule has 0 radical (unpaired) electrons. The summed E-state index contributed by atoms with van der Waals surface area (Å²) in [4.78, 5) is 0. The van der Waals surface area contributed by atoms with E-state index in [1.54, 1.807) is 0 Å². The summed E-state index contributed by atoms with van der Waals surface area (Å²) in [5, 5.41) is 0. The van der Waals surface area contributed by atoms with Crippen LogP contribution in [0.15, 0.2) is 84.9 Å². The van der Waals surface area contributed by atoms with Crippen LogP contribution in [0, 0.1) is 33.1 Å². The van der Waals surface area contributed by atoms with Crippen molar-refractivity contribution < 1.29 is 27.2 Å². The van der Waals surface area contributed by atoms with Crippen molar-refractivity contribution in [3.05, 3.63) is 118 Å². The quantitative estimate of drug-likeness (QED) is 0.201. The first-order valence-electron chi connectivity index (χ1n) is 14.6. The van der Waals surface area contributed by atoms with Crippen LogP contribution in [0.1, 0.15) is 33.4 Å². The zero-order valence-electron chi connectivity index (χ0n) is 25.2. The van der Waals surface area contributed by atoms with Crippen LogP contribution in [-0.4, -0.2) is 26.4 Å². The van der Waals surface area contributed by atoms with Crippen LogP contribution in [0.25, 0.3) is 22.3 Å². The van der Waals surface area contributed by atoms with Crippen molar-refractivity contribution >= 4 is 15.2 Å². The van der Waals surface area contributed by atoms with Gasteiger partial charge in [0.2, 0.25) is 0 Å². The first kappa shape index (κ1) is 30.2. The molecule has 4 aromatic carbocycles. The highest BCUT2D eigenvalue weighted by molar-refractivity contribution is 7.53. The number of rotatable bonds is 6. The van der Waals surface area contributed by atoms with Crippen LogP contribution in [0.2, 0.25) is 0 Å². The van der Waals surface area contributed by atoms with Crippen LogP contribution in [0.4, 0.5) is 0 Å². The Morgan fingerprint density at radius 2 is 0.884 bits per heavy atom. The van der Waals surface area contributed by atoms with Crippen LogP contribution in [0.5, 0.6) is 0 Å². The largest absolute Gasteiger partial charge is 0.335 e. The highest BCUT2D eigenvalue weighted by Crippen LogP contribution is 2.61. The van der Waals surface area contributed by atoms with E-state index in [1.165, 1.54) is 0 Å². The van der Waals surface area contributed by atoms with Crippen molar-refractivity contribution in [2.75, 3.05) is 26.4 Å². The monoisotopic (exact) mass is 616 g/mol. The lowest BCUT2D eigenvalue weighted by atomic mass is 9.93. The van der Waals surface area contributed by atoms with Gasteiger partial charge in [-0.3, -0.25) is 9.13 Å². The van der Waals surface area contributed by atoms with Crippen molar-refractivity contribution in [2.24, 2.45) is 5.41 Å². The highest BCUT2D eigenvalue weighted by Gasteiger charge is 2.48. The summed E-state index contributed by atoms with van der Waals surface area (Å²) in [6.07, 6.45) is 0.372. The van der Waals surface area contributed by atoms with Crippen molar-refractivity contribution in [1.82, 2.24) is 0 Å². The fourth-order valence-electron chi connectivity index (χ4n) is 6.09. The van der Waals surface area contributed by atoms with Gasteiger partial charge in [-0.15, -0.1) is 0 Å². The number of benzene rings is 4. The van der Waals surface area contributed by atoms with Gasteiger partial charge in [-0.25, -0.2) is 0 Å². The first-order chi connectivity index (χ1) is 20.6. The maximum absolute atomic E-state index is 13.7. The van der Waals surface area contributed by atoms with Crippen molar-refractivity contribution in [1.29, 1.82) is 0 Å². The third-order valence-electron chi connectivity index (χ3n) is 8.69. The molecule has 2 heterocycles. The molecule has 0 saturated carbocycles. The molecule has 2 aliphatic rings. The fraction of sp³-hybridized carbons (Fsp3) is 0.314. The topological polar surface area (TPSA) is 71.1 Å². The van der Waals surface area contributed by atoms with E-state index in [1.807, 2.05) is 48.5 Å². The Morgan fingerprint density at radius 3 is 1.23 bits per heavy atom. The Kier molecular flexibility index (Phi) is 8.39. The average molecular weight is 617 g/mol. The minimum Gasteiger partial charge on any atom is -0.307 e. The van der Waals surface area contributed by atoms with Crippen LogP contribution >= 0.6 is 15.2 Å². The predicted octanol–water partition coefficient (Wildman–Crippen LogP) is 9.42. The molecule has 0 aliphatic carbocycles. The van der Waals surface area contributed by atoms with Gasteiger partial charge in [-0.05, 0) is 83.3 Å².